The molecule has 0 aliphatic carbocycles. The summed E-state index contributed by atoms with van der Waals surface area (Å²) in [4.78, 5) is -0.190. The third-order valence-corrected chi connectivity index (χ3v) is 2.31. The van der Waals surface area contributed by atoms with Gasteiger partial charge in [0.15, 0.2) is 5.58 Å². The number of aromatic nitrogens is 1. The molecule has 0 atom stereocenters. The molecule has 1 heterocycles. The Morgan fingerprint density at radius 1 is 1.43 bits per heavy atom. The van der Waals surface area contributed by atoms with Gasteiger partial charge >= 0.3 is 6.55 Å². The van der Waals surface area contributed by atoms with Crippen molar-refractivity contribution in [2.24, 2.45) is 0 Å². The molecule has 0 aliphatic heterocycles. The number of benzene rings is 1. The first-order valence-corrected chi connectivity index (χ1v) is 4.41. The van der Waals surface area contributed by atoms with E-state index >= 15 is 0 Å². The highest BCUT2D eigenvalue weighted by Crippen LogP contribution is 2.25. The summed E-state index contributed by atoms with van der Waals surface area (Å²) in [6, 6.07) is 5.11. The molecule has 0 fully saturated rings. The summed E-state index contributed by atoms with van der Waals surface area (Å²) in [5.74, 6) is 0. The van der Waals surface area contributed by atoms with Crippen molar-refractivity contribution in [2.45, 2.75) is 13.5 Å². The number of hydrogen-bond donors (Lipinski definition) is 0. The molecule has 0 spiro atoms. The molecule has 2 rings (SSSR count). The minimum atomic E-state index is -2.66. The molecule has 0 radical (unpaired) electrons. The lowest BCUT2D eigenvalue weighted by molar-refractivity contribution is 0.0696. The van der Waals surface area contributed by atoms with E-state index in [1.165, 1.54) is 0 Å². The van der Waals surface area contributed by atoms with Crippen molar-refractivity contribution in [1.82, 2.24) is 4.57 Å². The van der Waals surface area contributed by atoms with Gasteiger partial charge in [0.1, 0.15) is 0 Å². The van der Waals surface area contributed by atoms with E-state index in [4.69, 9.17) is 16.6 Å². The van der Waals surface area contributed by atoms with Crippen molar-refractivity contribution in [2.75, 3.05) is 0 Å². The van der Waals surface area contributed by atoms with Crippen molar-refractivity contribution >= 4 is 23.3 Å². The highest BCUT2D eigenvalue weighted by atomic mass is 32.1. The maximum Gasteiger partial charge on any atom is 0.322 e. The minimum Gasteiger partial charge on any atom is -0.429 e. The van der Waals surface area contributed by atoms with Crippen molar-refractivity contribution in [3.63, 3.8) is 0 Å². The molecule has 0 amide bonds. The van der Waals surface area contributed by atoms with Gasteiger partial charge in [0.05, 0.1) is 5.52 Å². The smallest absolute Gasteiger partial charge is 0.322 e. The number of alkyl halides is 2. The molecule has 0 saturated heterocycles. The van der Waals surface area contributed by atoms with Gasteiger partial charge in [-0.25, -0.2) is 4.57 Å². The molecular weight excluding hydrogens is 208 g/mol. The van der Waals surface area contributed by atoms with E-state index < -0.39 is 6.55 Å². The fourth-order valence-corrected chi connectivity index (χ4v) is 1.70. The number of rotatable bonds is 1. The lowest BCUT2D eigenvalue weighted by Crippen LogP contribution is -1.98. The summed E-state index contributed by atoms with van der Waals surface area (Å²) in [5, 5.41) is 0. The molecule has 5 heteroatoms. The molecule has 74 valence electrons. The third kappa shape index (κ3) is 1.24. The van der Waals surface area contributed by atoms with Gasteiger partial charge in [0, 0.05) is 0 Å². The van der Waals surface area contributed by atoms with Crippen molar-refractivity contribution in [3.05, 3.63) is 28.6 Å². The molecule has 14 heavy (non-hydrogen) atoms. The molecule has 0 saturated carbocycles. The molecule has 0 N–H and O–H groups in total. The van der Waals surface area contributed by atoms with Crippen LogP contribution in [0.3, 0.4) is 0 Å². The molecule has 2 nitrogen and oxygen atoms in total. The first kappa shape index (κ1) is 9.33. The van der Waals surface area contributed by atoms with Gasteiger partial charge in [0.2, 0.25) is 0 Å². The summed E-state index contributed by atoms with van der Waals surface area (Å²) in [6.07, 6.45) is 0. The predicted octanol–water partition coefficient (Wildman–Crippen LogP) is 3.67. The van der Waals surface area contributed by atoms with E-state index in [1.54, 1.807) is 25.1 Å². The quantitative estimate of drug-likeness (QED) is 0.675. The third-order valence-electron chi connectivity index (χ3n) is 2.03. The average molecular weight is 215 g/mol. The van der Waals surface area contributed by atoms with Gasteiger partial charge in [-0.1, -0.05) is 12.1 Å². The lowest BCUT2D eigenvalue weighted by Gasteiger charge is -2.01. The van der Waals surface area contributed by atoms with Crippen LogP contribution in [0.5, 0.6) is 0 Å². The zero-order chi connectivity index (χ0) is 10.3. The van der Waals surface area contributed by atoms with Gasteiger partial charge in [0.25, 0.3) is 4.84 Å². The first-order valence-electron chi connectivity index (χ1n) is 4.00. The van der Waals surface area contributed by atoms with Crippen LogP contribution in [-0.2, 0) is 0 Å². The Hall–Kier alpha value is -1.23. The lowest BCUT2D eigenvalue weighted by atomic mass is 10.2. The van der Waals surface area contributed by atoms with E-state index in [-0.39, 0.29) is 4.84 Å². The van der Waals surface area contributed by atoms with E-state index in [9.17, 15) is 8.78 Å². The number of hydrogen-bond acceptors (Lipinski definition) is 2. The van der Waals surface area contributed by atoms with Gasteiger partial charge in [-0.15, -0.1) is 0 Å². The molecule has 0 bridgehead atoms. The van der Waals surface area contributed by atoms with Crippen molar-refractivity contribution in [1.29, 1.82) is 0 Å². The van der Waals surface area contributed by atoms with E-state index in [0.29, 0.717) is 11.1 Å². The SMILES string of the molecule is Cc1cccc2oc(=S)n(C(F)F)c12. The van der Waals surface area contributed by atoms with Crippen LogP contribution in [0.4, 0.5) is 8.78 Å². The Balaban J connectivity index is 2.94. The first-order chi connectivity index (χ1) is 6.61. The fraction of sp³-hybridized carbons (Fsp3) is 0.222. The predicted molar refractivity (Wildman–Crippen MR) is 51.0 cm³/mol. The fourth-order valence-electron chi connectivity index (χ4n) is 1.43. The maximum atomic E-state index is 12.6. The number of halogens is 2. The number of oxazole rings is 1. The Bertz CT molecular complexity index is 529. The normalized spacial score (nSPS) is 11.4. The van der Waals surface area contributed by atoms with E-state index in [0.717, 1.165) is 10.1 Å². The van der Waals surface area contributed by atoms with Crippen molar-refractivity contribution in [3.8, 4) is 0 Å². The summed E-state index contributed by atoms with van der Waals surface area (Å²) < 4.78 is 31.0. The largest absolute Gasteiger partial charge is 0.429 e. The molecule has 1 aromatic carbocycles. The second kappa shape index (κ2) is 3.16. The highest BCUT2D eigenvalue weighted by Gasteiger charge is 2.15. The van der Waals surface area contributed by atoms with Crippen LogP contribution in [-0.4, -0.2) is 4.57 Å². The summed E-state index contributed by atoms with van der Waals surface area (Å²) >= 11 is 4.71. The summed E-state index contributed by atoms with van der Waals surface area (Å²) in [6.45, 7) is -0.921. The Kier molecular flexibility index (Phi) is 2.11. The maximum absolute atomic E-state index is 12.6. The van der Waals surface area contributed by atoms with Gasteiger partial charge in [-0.2, -0.15) is 8.78 Å². The second-order valence-corrected chi connectivity index (χ2v) is 3.29. The highest BCUT2D eigenvalue weighted by molar-refractivity contribution is 7.71. The second-order valence-electron chi connectivity index (χ2n) is 2.94. The topological polar surface area (TPSA) is 18.1 Å². The number of aryl methyl sites for hydroxylation is 1. The molecule has 1 aromatic heterocycles. The van der Waals surface area contributed by atoms with Crippen LogP contribution >= 0.6 is 12.2 Å². The Labute approximate surface area is 83.8 Å². The molecule has 0 unspecified atom stereocenters. The zero-order valence-corrected chi connectivity index (χ0v) is 8.15. The van der Waals surface area contributed by atoms with Crippen LogP contribution < -0.4 is 0 Å². The number of fused-ring (bicyclic) bond motifs is 1. The Morgan fingerprint density at radius 2 is 2.14 bits per heavy atom. The summed E-state index contributed by atoms with van der Waals surface area (Å²) in [7, 11) is 0. The van der Waals surface area contributed by atoms with Crippen molar-refractivity contribution < 1.29 is 13.2 Å². The number of para-hydroxylation sites is 1. The van der Waals surface area contributed by atoms with E-state index in [2.05, 4.69) is 0 Å². The summed E-state index contributed by atoms with van der Waals surface area (Å²) in [5.41, 5.74) is 1.49. The van der Waals surface area contributed by atoms with Gasteiger partial charge < -0.3 is 4.42 Å². The molecular formula is C9H7F2NOS. The van der Waals surface area contributed by atoms with Gasteiger partial charge in [-0.3, -0.25) is 0 Å². The van der Waals surface area contributed by atoms with Crippen LogP contribution in [0.2, 0.25) is 0 Å². The minimum absolute atomic E-state index is 0.190. The average Bonchev–Trinajstić information content (AvgIpc) is 2.42. The van der Waals surface area contributed by atoms with Crippen LogP contribution in [0.15, 0.2) is 22.6 Å². The van der Waals surface area contributed by atoms with E-state index in [1.807, 2.05) is 0 Å². The van der Waals surface area contributed by atoms with Crippen LogP contribution in [0.25, 0.3) is 11.1 Å². The van der Waals surface area contributed by atoms with Crippen LogP contribution in [0.1, 0.15) is 12.1 Å². The standard InChI is InChI=1S/C9H7F2NOS/c1-5-3-2-4-6-7(5)12(8(10)11)9(14)13-6/h2-4,8H,1H3. The van der Waals surface area contributed by atoms with Crippen LogP contribution in [0, 0.1) is 11.8 Å². The molecule has 0 aliphatic rings. The number of nitrogens with zero attached hydrogens (tertiary/aromatic N) is 1. The monoisotopic (exact) mass is 215 g/mol. The zero-order valence-electron chi connectivity index (χ0n) is 7.33. The van der Waals surface area contributed by atoms with Gasteiger partial charge in [-0.05, 0) is 30.8 Å². The molecule has 2 aromatic rings. The Morgan fingerprint density at radius 3 is 2.79 bits per heavy atom.